The standard InChI is InChI=1S/C18H29NO/c1-4-5-11-18(20)15(2)12-19(13-16(18)3)14-17-9-7-6-8-10-17/h6-10,15-16,20H,4-5,11-14H2,1-3H3/t15-,16+,18?. The summed E-state index contributed by atoms with van der Waals surface area (Å²) in [5.74, 6) is 0.697. The van der Waals surface area contributed by atoms with Crippen molar-refractivity contribution in [1.82, 2.24) is 4.90 Å². The van der Waals surface area contributed by atoms with Crippen molar-refractivity contribution in [2.75, 3.05) is 13.1 Å². The molecule has 0 spiro atoms. The maximum absolute atomic E-state index is 11.0. The third-order valence-corrected chi connectivity index (χ3v) is 4.95. The van der Waals surface area contributed by atoms with Gasteiger partial charge in [0.1, 0.15) is 0 Å². The molecule has 1 N–H and O–H groups in total. The summed E-state index contributed by atoms with van der Waals surface area (Å²) < 4.78 is 0. The molecule has 0 aromatic heterocycles. The predicted molar refractivity (Wildman–Crippen MR) is 84.5 cm³/mol. The molecule has 0 aliphatic carbocycles. The highest BCUT2D eigenvalue weighted by molar-refractivity contribution is 5.14. The molecule has 2 nitrogen and oxygen atoms in total. The van der Waals surface area contributed by atoms with Gasteiger partial charge in [-0.25, -0.2) is 0 Å². The summed E-state index contributed by atoms with van der Waals surface area (Å²) in [4.78, 5) is 2.49. The Balaban J connectivity index is 1.98. The van der Waals surface area contributed by atoms with E-state index in [0.29, 0.717) is 11.8 Å². The van der Waals surface area contributed by atoms with Crippen molar-refractivity contribution in [3.8, 4) is 0 Å². The predicted octanol–water partition coefficient (Wildman–Crippen LogP) is 3.70. The number of aliphatic hydroxyl groups is 1. The van der Waals surface area contributed by atoms with Gasteiger partial charge in [-0.1, -0.05) is 63.9 Å². The molecule has 0 radical (unpaired) electrons. The van der Waals surface area contributed by atoms with Crippen LogP contribution in [0.2, 0.25) is 0 Å². The van der Waals surface area contributed by atoms with Crippen LogP contribution < -0.4 is 0 Å². The molecule has 3 atom stereocenters. The van der Waals surface area contributed by atoms with Gasteiger partial charge in [0.2, 0.25) is 0 Å². The van der Waals surface area contributed by atoms with E-state index in [0.717, 1.165) is 38.9 Å². The number of benzene rings is 1. The first kappa shape index (κ1) is 15.5. The number of hydrogen-bond donors (Lipinski definition) is 1. The van der Waals surface area contributed by atoms with Crippen molar-refractivity contribution in [2.45, 2.75) is 52.2 Å². The molecule has 112 valence electrons. The molecule has 1 aliphatic heterocycles. The van der Waals surface area contributed by atoms with E-state index in [-0.39, 0.29) is 0 Å². The molecule has 0 amide bonds. The van der Waals surface area contributed by atoms with Gasteiger partial charge in [-0.2, -0.15) is 0 Å². The van der Waals surface area contributed by atoms with Gasteiger partial charge in [-0.15, -0.1) is 0 Å². The van der Waals surface area contributed by atoms with E-state index in [1.807, 2.05) is 0 Å². The lowest BCUT2D eigenvalue weighted by Crippen LogP contribution is -2.56. The summed E-state index contributed by atoms with van der Waals surface area (Å²) in [5, 5.41) is 11.0. The zero-order valence-corrected chi connectivity index (χ0v) is 13.2. The van der Waals surface area contributed by atoms with Crippen LogP contribution in [0.1, 0.15) is 45.6 Å². The quantitative estimate of drug-likeness (QED) is 0.886. The van der Waals surface area contributed by atoms with Gasteiger partial charge in [-0.05, 0) is 23.8 Å². The van der Waals surface area contributed by atoms with E-state index in [2.05, 4.69) is 56.0 Å². The minimum atomic E-state index is -0.469. The highest BCUT2D eigenvalue weighted by atomic mass is 16.3. The Labute approximate surface area is 123 Å². The van der Waals surface area contributed by atoms with Crippen molar-refractivity contribution in [2.24, 2.45) is 11.8 Å². The molecule has 0 saturated carbocycles. The van der Waals surface area contributed by atoms with Crippen molar-refractivity contribution in [1.29, 1.82) is 0 Å². The lowest BCUT2D eigenvalue weighted by molar-refractivity contribution is -0.113. The molecule has 1 aromatic carbocycles. The number of rotatable bonds is 5. The summed E-state index contributed by atoms with van der Waals surface area (Å²) in [6.07, 6.45) is 3.24. The molecule has 1 aliphatic rings. The molecule has 0 bridgehead atoms. The lowest BCUT2D eigenvalue weighted by Gasteiger charge is -2.48. The van der Waals surface area contributed by atoms with E-state index in [9.17, 15) is 5.11 Å². The minimum absolute atomic E-state index is 0.349. The molecule has 1 heterocycles. The van der Waals surface area contributed by atoms with E-state index >= 15 is 0 Å². The zero-order chi connectivity index (χ0) is 14.6. The van der Waals surface area contributed by atoms with Gasteiger partial charge in [0.05, 0.1) is 5.60 Å². The average Bonchev–Trinajstić information content (AvgIpc) is 2.44. The second kappa shape index (κ2) is 6.73. The zero-order valence-electron chi connectivity index (χ0n) is 13.2. The van der Waals surface area contributed by atoms with Gasteiger partial charge in [-0.3, -0.25) is 4.90 Å². The monoisotopic (exact) mass is 275 g/mol. The Morgan fingerprint density at radius 2 is 1.75 bits per heavy atom. The normalized spacial score (nSPS) is 31.4. The molecule has 1 saturated heterocycles. The molecule has 1 aromatic rings. The van der Waals surface area contributed by atoms with Crippen molar-refractivity contribution >= 4 is 0 Å². The fourth-order valence-electron chi connectivity index (χ4n) is 3.57. The van der Waals surface area contributed by atoms with Gasteiger partial charge in [0.25, 0.3) is 0 Å². The fraction of sp³-hybridized carbons (Fsp3) is 0.667. The number of piperidine rings is 1. The molecular formula is C18H29NO. The highest BCUT2D eigenvalue weighted by Gasteiger charge is 2.43. The Morgan fingerprint density at radius 3 is 2.30 bits per heavy atom. The first-order chi connectivity index (χ1) is 9.56. The van der Waals surface area contributed by atoms with Crippen LogP contribution in [0.15, 0.2) is 30.3 Å². The van der Waals surface area contributed by atoms with Crippen LogP contribution in [-0.4, -0.2) is 28.7 Å². The first-order valence-electron chi connectivity index (χ1n) is 8.05. The van der Waals surface area contributed by atoms with E-state index in [4.69, 9.17) is 0 Å². The largest absolute Gasteiger partial charge is 0.389 e. The van der Waals surface area contributed by atoms with Crippen LogP contribution in [0.3, 0.4) is 0 Å². The Kier molecular flexibility index (Phi) is 5.22. The maximum Gasteiger partial charge on any atom is 0.0722 e. The Hall–Kier alpha value is -0.860. The second-order valence-corrected chi connectivity index (χ2v) is 6.58. The van der Waals surface area contributed by atoms with Crippen LogP contribution in [0.25, 0.3) is 0 Å². The topological polar surface area (TPSA) is 23.5 Å². The Morgan fingerprint density at radius 1 is 1.15 bits per heavy atom. The molecular weight excluding hydrogens is 246 g/mol. The van der Waals surface area contributed by atoms with Gasteiger partial charge in [0, 0.05) is 19.6 Å². The van der Waals surface area contributed by atoms with E-state index in [1.165, 1.54) is 5.56 Å². The Bertz CT molecular complexity index is 391. The first-order valence-corrected chi connectivity index (χ1v) is 8.05. The van der Waals surface area contributed by atoms with Gasteiger partial charge in [0.15, 0.2) is 0 Å². The summed E-state index contributed by atoms with van der Waals surface area (Å²) in [6.45, 7) is 9.62. The lowest BCUT2D eigenvalue weighted by atomic mass is 9.72. The van der Waals surface area contributed by atoms with Crippen LogP contribution in [0, 0.1) is 11.8 Å². The molecule has 2 rings (SSSR count). The van der Waals surface area contributed by atoms with Crippen molar-refractivity contribution < 1.29 is 5.11 Å². The number of hydrogen-bond acceptors (Lipinski definition) is 2. The molecule has 1 unspecified atom stereocenters. The van der Waals surface area contributed by atoms with Crippen LogP contribution in [0.5, 0.6) is 0 Å². The van der Waals surface area contributed by atoms with E-state index in [1.54, 1.807) is 0 Å². The third-order valence-electron chi connectivity index (χ3n) is 4.95. The summed E-state index contributed by atoms with van der Waals surface area (Å²) in [7, 11) is 0. The summed E-state index contributed by atoms with van der Waals surface area (Å²) in [5.41, 5.74) is 0.898. The average molecular weight is 275 g/mol. The third kappa shape index (κ3) is 3.42. The fourth-order valence-corrected chi connectivity index (χ4v) is 3.57. The second-order valence-electron chi connectivity index (χ2n) is 6.58. The van der Waals surface area contributed by atoms with Gasteiger partial charge < -0.3 is 5.11 Å². The van der Waals surface area contributed by atoms with Crippen LogP contribution >= 0.6 is 0 Å². The smallest absolute Gasteiger partial charge is 0.0722 e. The van der Waals surface area contributed by atoms with Crippen molar-refractivity contribution in [3.05, 3.63) is 35.9 Å². The highest BCUT2D eigenvalue weighted by Crippen LogP contribution is 2.37. The van der Waals surface area contributed by atoms with Gasteiger partial charge >= 0.3 is 0 Å². The van der Waals surface area contributed by atoms with Crippen molar-refractivity contribution in [3.63, 3.8) is 0 Å². The molecule has 20 heavy (non-hydrogen) atoms. The van der Waals surface area contributed by atoms with E-state index < -0.39 is 5.60 Å². The molecule has 1 fully saturated rings. The SMILES string of the molecule is CCCCC1(O)[C@H](C)CN(Cc2ccccc2)C[C@@H]1C. The number of nitrogens with zero attached hydrogens (tertiary/aromatic N) is 1. The number of unbranched alkanes of at least 4 members (excludes halogenated alkanes) is 1. The summed E-state index contributed by atoms with van der Waals surface area (Å²) >= 11 is 0. The van der Waals surface area contributed by atoms with Crippen LogP contribution in [-0.2, 0) is 6.54 Å². The molecule has 2 heteroatoms. The van der Waals surface area contributed by atoms with Crippen LogP contribution in [0.4, 0.5) is 0 Å². The minimum Gasteiger partial charge on any atom is -0.389 e. The number of likely N-dealkylation sites (tertiary alicyclic amines) is 1. The maximum atomic E-state index is 11.0. The summed E-state index contributed by atoms with van der Waals surface area (Å²) in [6, 6.07) is 10.6.